The molecule has 0 fully saturated rings. The Bertz CT molecular complexity index is 976. The molecule has 136 valence electrons. The fourth-order valence-corrected chi connectivity index (χ4v) is 3.26. The van der Waals surface area contributed by atoms with Crippen molar-refractivity contribution in [1.29, 1.82) is 0 Å². The Hall–Kier alpha value is -2.81. The molecule has 0 aliphatic rings. The van der Waals surface area contributed by atoms with Crippen LogP contribution in [0.2, 0.25) is 0 Å². The van der Waals surface area contributed by atoms with E-state index in [1.54, 1.807) is 13.0 Å². The van der Waals surface area contributed by atoms with Crippen molar-refractivity contribution in [2.75, 3.05) is 6.54 Å². The monoisotopic (exact) mass is 374 g/mol. The second kappa shape index (κ2) is 7.20. The van der Waals surface area contributed by atoms with Crippen LogP contribution in [-0.2, 0) is 6.42 Å². The molecular weight excluding hydrogens is 356 g/mol. The molecule has 0 radical (unpaired) electrons. The molecule has 0 unspecified atom stereocenters. The van der Waals surface area contributed by atoms with Gasteiger partial charge in [-0.3, -0.25) is 4.79 Å². The van der Waals surface area contributed by atoms with Crippen molar-refractivity contribution in [1.82, 2.24) is 20.4 Å². The highest BCUT2D eigenvalue weighted by Crippen LogP contribution is 2.25. The average Bonchev–Trinajstić information content (AvgIpc) is 3.21. The molecule has 0 bridgehead atoms. The molecule has 3 aromatic rings. The summed E-state index contributed by atoms with van der Waals surface area (Å²) in [6, 6.07) is 1.76. The maximum atomic E-state index is 12.7. The van der Waals surface area contributed by atoms with Crippen molar-refractivity contribution >= 4 is 34.3 Å². The molecule has 3 aromatic heterocycles. The van der Waals surface area contributed by atoms with E-state index in [1.165, 1.54) is 16.7 Å². The molecule has 0 atom stereocenters. The number of aryl methyl sites for hydroxylation is 1. The Morgan fingerprint density at radius 1 is 1.35 bits per heavy atom. The molecule has 2 N–H and O–H groups in total. The summed E-state index contributed by atoms with van der Waals surface area (Å²) < 4.78 is 5.22. The third-order valence-electron chi connectivity index (χ3n) is 3.87. The highest BCUT2D eigenvalue weighted by molar-refractivity contribution is 7.09. The smallest absolute Gasteiger partial charge is 0.355 e. The highest BCUT2D eigenvalue weighted by Gasteiger charge is 2.19. The maximum Gasteiger partial charge on any atom is 0.355 e. The molecular formula is C17H18N4O4S. The topological polar surface area (TPSA) is 118 Å². The van der Waals surface area contributed by atoms with E-state index in [2.05, 4.69) is 20.4 Å². The van der Waals surface area contributed by atoms with E-state index in [1.807, 2.05) is 13.8 Å². The number of carbonyl (C=O) groups is 2. The van der Waals surface area contributed by atoms with Gasteiger partial charge in [0.25, 0.3) is 11.6 Å². The number of hydrogen-bond acceptors (Lipinski definition) is 7. The van der Waals surface area contributed by atoms with Crippen LogP contribution in [0.5, 0.6) is 0 Å². The molecule has 3 rings (SSSR count). The number of nitrogens with one attached hydrogen (secondary N) is 1. The molecule has 0 aromatic carbocycles. The summed E-state index contributed by atoms with van der Waals surface area (Å²) in [5.41, 5.74) is 2.21. The Balaban J connectivity index is 1.76. The van der Waals surface area contributed by atoms with Crippen LogP contribution in [0.4, 0.5) is 0 Å². The summed E-state index contributed by atoms with van der Waals surface area (Å²) in [5, 5.41) is 18.4. The molecule has 0 spiro atoms. The number of hydrogen-bond donors (Lipinski definition) is 2. The van der Waals surface area contributed by atoms with Gasteiger partial charge in [-0.25, -0.2) is 14.8 Å². The Morgan fingerprint density at radius 3 is 2.77 bits per heavy atom. The predicted octanol–water partition coefficient (Wildman–Crippen LogP) is 2.78. The van der Waals surface area contributed by atoms with Crippen LogP contribution in [0.3, 0.4) is 0 Å². The zero-order valence-electron chi connectivity index (χ0n) is 14.6. The summed E-state index contributed by atoms with van der Waals surface area (Å²) in [7, 11) is 0. The molecule has 0 aliphatic heterocycles. The van der Waals surface area contributed by atoms with Gasteiger partial charge in [-0.1, -0.05) is 19.0 Å². The number of amides is 1. The third-order valence-corrected chi connectivity index (χ3v) is 4.78. The Labute approximate surface area is 153 Å². The van der Waals surface area contributed by atoms with Crippen LogP contribution in [0.25, 0.3) is 11.1 Å². The van der Waals surface area contributed by atoms with Crippen molar-refractivity contribution in [2.24, 2.45) is 0 Å². The van der Waals surface area contributed by atoms with E-state index in [0.717, 1.165) is 5.69 Å². The average molecular weight is 374 g/mol. The van der Waals surface area contributed by atoms with E-state index in [-0.39, 0.29) is 17.5 Å². The van der Waals surface area contributed by atoms with E-state index < -0.39 is 5.97 Å². The molecule has 9 heteroatoms. The first-order valence-electron chi connectivity index (χ1n) is 8.09. The third kappa shape index (κ3) is 3.57. The van der Waals surface area contributed by atoms with E-state index >= 15 is 0 Å². The van der Waals surface area contributed by atoms with Crippen molar-refractivity contribution in [3.63, 3.8) is 0 Å². The number of aromatic carboxylic acids is 1. The molecule has 0 saturated carbocycles. The predicted molar refractivity (Wildman–Crippen MR) is 95.7 cm³/mol. The second-order valence-corrected chi connectivity index (χ2v) is 7.08. The minimum atomic E-state index is -1.06. The molecule has 8 nitrogen and oxygen atoms in total. The van der Waals surface area contributed by atoms with Crippen LogP contribution < -0.4 is 5.32 Å². The largest absolute Gasteiger partial charge is 0.476 e. The van der Waals surface area contributed by atoms with Gasteiger partial charge in [0.05, 0.1) is 21.7 Å². The number of carboxylic acid groups (broad SMARTS) is 1. The highest BCUT2D eigenvalue weighted by atomic mass is 32.1. The lowest BCUT2D eigenvalue weighted by Crippen LogP contribution is -2.26. The first kappa shape index (κ1) is 18.0. The SMILES string of the molecule is Cc1noc2nc(C(C)C)cc(C(=O)NCCc3nc(C(=O)O)cs3)c12. The van der Waals surface area contributed by atoms with Crippen molar-refractivity contribution in [3.05, 3.63) is 39.1 Å². The van der Waals surface area contributed by atoms with Gasteiger partial charge in [-0.05, 0) is 18.9 Å². The summed E-state index contributed by atoms with van der Waals surface area (Å²) >= 11 is 1.26. The zero-order valence-corrected chi connectivity index (χ0v) is 15.4. The molecule has 0 aliphatic carbocycles. The second-order valence-electron chi connectivity index (χ2n) is 6.14. The quantitative estimate of drug-likeness (QED) is 0.681. The Kier molecular flexibility index (Phi) is 4.99. The van der Waals surface area contributed by atoms with Crippen LogP contribution in [0, 0.1) is 6.92 Å². The van der Waals surface area contributed by atoms with Crippen LogP contribution in [-0.4, -0.2) is 38.7 Å². The number of nitrogens with zero attached hydrogens (tertiary/aromatic N) is 3. The number of aromatic nitrogens is 3. The number of carboxylic acids is 1. The summed E-state index contributed by atoms with van der Waals surface area (Å²) in [5.74, 6) is -1.17. The zero-order chi connectivity index (χ0) is 18.8. The lowest BCUT2D eigenvalue weighted by molar-refractivity contribution is 0.0690. The van der Waals surface area contributed by atoms with Gasteiger partial charge < -0.3 is 14.9 Å². The van der Waals surface area contributed by atoms with Gasteiger partial charge in [-0.15, -0.1) is 11.3 Å². The summed E-state index contributed by atoms with van der Waals surface area (Å²) in [4.78, 5) is 31.9. The number of thiazole rings is 1. The number of rotatable bonds is 6. The van der Waals surface area contributed by atoms with Gasteiger partial charge in [0.15, 0.2) is 5.69 Å². The minimum absolute atomic E-state index is 0.0221. The normalized spacial score (nSPS) is 11.2. The fraction of sp³-hybridized carbons (Fsp3) is 0.353. The molecule has 26 heavy (non-hydrogen) atoms. The molecule has 3 heterocycles. The van der Waals surface area contributed by atoms with Gasteiger partial charge >= 0.3 is 5.97 Å². The molecule has 1 amide bonds. The summed E-state index contributed by atoms with van der Waals surface area (Å²) in [6.45, 7) is 6.09. The van der Waals surface area contributed by atoms with E-state index in [0.29, 0.717) is 40.3 Å². The Morgan fingerprint density at radius 2 is 2.12 bits per heavy atom. The van der Waals surface area contributed by atoms with Gasteiger partial charge in [0.2, 0.25) is 0 Å². The van der Waals surface area contributed by atoms with E-state index in [9.17, 15) is 9.59 Å². The van der Waals surface area contributed by atoms with Crippen molar-refractivity contribution in [3.8, 4) is 0 Å². The van der Waals surface area contributed by atoms with Crippen LogP contribution in [0.1, 0.15) is 57.0 Å². The van der Waals surface area contributed by atoms with Gasteiger partial charge in [-0.2, -0.15) is 0 Å². The number of fused-ring (bicyclic) bond motifs is 1. The summed E-state index contributed by atoms with van der Waals surface area (Å²) in [6.07, 6.45) is 0.456. The van der Waals surface area contributed by atoms with Crippen molar-refractivity contribution in [2.45, 2.75) is 33.1 Å². The maximum absolute atomic E-state index is 12.7. The number of pyridine rings is 1. The lowest BCUT2D eigenvalue weighted by Gasteiger charge is -2.09. The van der Waals surface area contributed by atoms with Crippen LogP contribution >= 0.6 is 11.3 Å². The van der Waals surface area contributed by atoms with Gasteiger partial charge in [0, 0.05) is 24.0 Å². The minimum Gasteiger partial charge on any atom is -0.476 e. The van der Waals surface area contributed by atoms with Crippen LogP contribution in [0.15, 0.2) is 16.0 Å². The molecule has 0 saturated heterocycles. The lowest BCUT2D eigenvalue weighted by atomic mass is 10.0. The van der Waals surface area contributed by atoms with Crippen molar-refractivity contribution < 1.29 is 19.2 Å². The van der Waals surface area contributed by atoms with E-state index in [4.69, 9.17) is 9.63 Å². The number of carbonyl (C=O) groups excluding carboxylic acids is 1. The standard InChI is InChI=1S/C17H18N4O4S/c1-8(2)11-6-10(14-9(3)21-25-16(14)20-11)15(22)18-5-4-13-19-12(7-26-13)17(23)24/h6-8H,4-5H2,1-3H3,(H,18,22)(H,23,24). The fourth-order valence-electron chi connectivity index (χ4n) is 2.49. The first-order chi connectivity index (χ1) is 12.4. The van der Waals surface area contributed by atoms with Gasteiger partial charge in [0.1, 0.15) is 0 Å². The first-order valence-corrected chi connectivity index (χ1v) is 8.97.